The maximum Gasteiger partial charge on any atom is 0.258 e. The third-order valence-corrected chi connectivity index (χ3v) is 5.36. The SMILES string of the molecule is Cc1cc(OCC(=O)NCCOc2ccc(-c3cccs3)nn2)cc(C)c1Cl. The molecule has 146 valence electrons. The number of hydrogen-bond acceptors (Lipinski definition) is 6. The summed E-state index contributed by atoms with van der Waals surface area (Å²) in [5, 5.41) is 13.6. The fraction of sp³-hybridized carbons (Fsp3) is 0.250. The summed E-state index contributed by atoms with van der Waals surface area (Å²) in [6.07, 6.45) is 0. The first-order valence-electron chi connectivity index (χ1n) is 8.69. The highest BCUT2D eigenvalue weighted by Gasteiger charge is 2.07. The molecule has 3 aromatic rings. The molecule has 28 heavy (non-hydrogen) atoms. The minimum Gasteiger partial charge on any atom is -0.484 e. The van der Waals surface area contributed by atoms with Crippen LogP contribution in [0.5, 0.6) is 11.6 Å². The van der Waals surface area contributed by atoms with Crippen molar-refractivity contribution in [2.45, 2.75) is 13.8 Å². The van der Waals surface area contributed by atoms with E-state index in [0.717, 1.165) is 21.7 Å². The number of amides is 1. The summed E-state index contributed by atoms with van der Waals surface area (Å²) in [7, 11) is 0. The van der Waals surface area contributed by atoms with Crippen molar-refractivity contribution in [1.29, 1.82) is 0 Å². The van der Waals surface area contributed by atoms with Gasteiger partial charge < -0.3 is 14.8 Å². The van der Waals surface area contributed by atoms with Crippen molar-refractivity contribution in [1.82, 2.24) is 15.5 Å². The molecule has 0 aliphatic rings. The Bertz CT molecular complexity index is 907. The monoisotopic (exact) mass is 417 g/mol. The Balaban J connectivity index is 1.37. The predicted octanol–water partition coefficient (Wildman–Crippen LogP) is 4.05. The number of nitrogens with one attached hydrogen (secondary N) is 1. The number of ether oxygens (including phenoxy) is 2. The lowest BCUT2D eigenvalue weighted by Crippen LogP contribution is -2.32. The van der Waals surface area contributed by atoms with Gasteiger partial charge >= 0.3 is 0 Å². The highest BCUT2D eigenvalue weighted by atomic mass is 35.5. The fourth-order valence-electron chi connectivity index (χ4n) is 2.49. The average molecular weight is 418 g/mol. The van der Waals surface area contributed by atoms with Gasteiger partial charge in [0.25, 0.3) is 5.91 Å². The third kappa shape index (κ3) is 5.43. The normalized spacial score (nSPS) is 10.5. The van der Waals surface area contributed by atoms with E-state index in [4.69, 9.17) is 21.1 Å². The number of hydrogen-bond donors (Lipinski definition) is 1. The molecule has 0 radical (unpaired) electrons. The van der Waals surface area contributed by atoms with E-state index in [9.17, 15) is 4.79 Å². The van der Waals surface area contributed by atoms with E-state index in [1.165, 1.54) is 0 Å². The van der Waals surface area contributed by atoms with Crippen LogP contribution in [0.2, 0.25) is 5.02 Å². The minimum atomic E-state index is -0.229. The fourth-order valence-corrected chi connectivity index (χ4v) is 3.29. The number of rotatable bonds is 8. The number of aryl methyl sites for hydroxylation is 2. The lowest BCUT2D eigenvalue weighted by atomic mass is 10.1. The molecule has 6 nitrogen and oxygen atoms in total. The van der Waals surface area contributed by atoms with Crippen LogP contribution in [0.15, 0.2) is 41.8 Å². The van der Waals surface area contributed by atoms with Crippen molar-refractivity contribution in [3.63, 3.8) is 0 Å². The Morgan fingerprint density at radius 1 is 1.14 bits per heavy atom. The van der Waals surface area contributed by atoms with Crippen molar-refractivity contribution < 1.29 is 14.3 Å². The number of nitrogens with zero attached hydrogens (tertiary/aromatic N) is 2. The lowest BCUT2D eigenvalue weighted by molar-refractivity contribution is -0.123. The molecule has 0 saturated heterocycles. The van der Waals surface area contributed by atoms with Crippen LogP contribution in [0.25, 0.3) is 10.6 Å². The molecule has 2 heterocycles. The smallest absolute Gasteiger partial charge is 0.258 e. The Morgan fingerprint density at radius 3 is 2.57 bits per heavy atom. The van der Waals surface area contributed by atoms with Crippen molar-refractivity contribution in [2.75, 3.05) is 19.8 Å². The molecule has 8 heteroatoms. The Labute approximate surface area is 172 Å². The summed E-state index contributed by atoms with van der Waals surface area (Å²) in [6.45, 7) is 4.36. The topological polar surface area (TPSA) is 73.3 Å². The zero-order chi connectivity index (χ0) is 19.9. The van der Waals surface area contributed by atoms with E-state index >= 15 is 0 Å². The van der Waals surface area contributed by atoms with E-state index in [1.807, 2.05) is 49.6 Å². The number of carbonyl (C=O) groups excluding carboxylic acids is 1. The second kappa shape index (κ2) is 9.52. The van der Waals surface area contributed by atoms with Crippen LogP contribution in [0.3, 0.4) is 0 Å². The van der Waals surface area contributed by atoms with Gasteiger partial charge in [-0.2, -0.15) is 0 Å². The van der Waals surface area contributed by atoms with Crippen molar-refractivity contribution >= 4 is 28.8 Å². The van der Waals surface area contributed by atoms with Crippen LogP contribution >= 0.6 is 22.9 Å². The highest BCUT2D eigenvalue weighted by Crippen LogP contribution is 2.26. The molecule has 0 atom stereocenters. The molecular weight excluding hydrogens is 398 g/mol. The molecular formula is C20H20ClN3O3S. The summed E-state index contributed by atoms with van der Waals surface area (Å²) in [5.41, 5.74) is 2.63. The minimum absolute atomic E-state index is 0.0736. The molecule has 0 saturated carbocycles. The Morgan fingerprint density at radius 2 is 1.93 bits per heavy atom. The molecule has 0 fully saturated rings. The molecule has 1 amide bonds. The van der Waals surface area contributed by atoms with Crippen LogP contribution in [0.4, 0.5) is 0 Å². The van der Waals surface area contributed by atoms with Gasteiger partial charge in [0.05, 0.1) is 11.4 Å². The zero-order valence-corrected chi connectivity index (χ0v) is 17.1. The van der Waals surface area contributed by atoms with Gasteiger partial charge in [0.2, 0.25) is 5.88 Å². The Kier molecular flexibility index (Phi) is 6.84. The summed E-state index contributed by atoms with van der Waals surface area (Å²) >= 11 is 7.73. The molecule has 3 rings (SSSR count). The van der Waals surface area contributed by atoms with E-state index < -0.39 is 0 Å². The zero-order valence-electron chi connectivity index (χ0n) is 15.6. The van der Waals surface area contributed by atoms with Gasteiger partial charge in [0.15, 0.2) is 6.61 Å². The van der Waals surface area contributed by atoms with Gasteiger partial charge in [-0.05, 0) is 54.6 Å². The lowest BCUT2D eigenvalue weighted by Gasteiger charge is -2.10. The molecule has 0 bridgehead atoms. The molecule has 0 aliphatic heterocycles. The maximum atomic E-state index is 11.9. The number of thiophene rings is 1. The highest BCUT2D eigenvalue weighted by molar-refractivity contribution is 7.13. The van der Waals surface area contributed by atoms with Crippen molar-refractivity contribution in [3.05, 3.63) is 57.9 Å². The number of benzene rings is 1. The van der Waals surface area contributed by atoms with E-state index in [2.05, 4.69) is 15.5 Å². The van der Waals surface area contributed by atoms with Crippen LogP contribution in [0.1, 0.15) is 11.1 Å². The quantitative estimate of drug-likeness (QED) is 0.560. The molecule has 2 aromatic heterocycles. The standard InChI is InChI=1S/C20H20ClN3O3S/c1-13-10-15(11-14(2)20(13)21)27-12-18(25)22-7-8-26-19-6-5-16(23-24-19)17-4-3-9-28-17/h3-6,9-11H,7-8,12H2,1-2H3,(H,22,25). The number of carbonyl (C=O) groups is 1. The van der Waals surface area contributed by atoms with E-state index in [1.54, 1.807) is 17.4 Å². The van der Waals surface area contributed by atoms with Gasteiger partial charge in [-0.15, -0.1) is 21.5 Å². The van der Waals surface area contributed by atoms with E-state index in [0.29, 0.717) is 23.2 Å². The molecule has 1 aromatic carbocycles. The maximum absolute atomic E-state index is 11.9. The first-order chi connectivity index (χ1) is 13.5. The third-order valence-electron chi connectivity index (χ3n) is 3.87. The van der Waals surface area contributed by atoms with Crippen LogP contribution in [-0.4, -0.2) is 35.9 Å². The second-order valence-corrected chi connectivity index (χ2v) is 7.42. The number of aromatic nitrogens is 2. The summed E-state index contributed by atoms with van der Waals surface area (Å²) < 4.78 is 11.0. The van der Waals surface area contributed by atoms with Gasteiger partial charge in [-0.3, -0.25) is 4.79 Å². The first-order valence-corrected chi connectivity index (χ1v) is 9.95. The largest absolute Gasteiger partial charge is 0.484 e. The van der Waals surface area contributed by atoms with Crippen LogP contribution in [-0.2, 0) is 4.79 Å². The second-order valence-electron chi connectivity index (χ2n) is 6.09. The summed E-state index contributed by atoms with van der Waals surface area (Å²) in [4.78, 5) is 12.9. The number of halogens is 1. The summed E-state index contributed by atoms with van der Waals surface area (Å²) in [5.74, 6) is 0.804. The molecule has 0 unspecified atom stereocenters. The van der Waals surface area contributed by atoms with Gasteiger partial charge in [-0.25, -0.2) is 0 Å². The predicted molar refractivity (Wildman–Crippen MR) is 110 cm³/mol. The van der Waals surface area contributed by atoms with Gasteiger partial charge in [-0.1, -0.05) is 17.7 Å². The first kappa shape index (κ1) is 20.1. The van der Waals surface area contributed by atoms with E-state index in [-0.39, 0.29) is 19.1 Å². The molecule has 0 aliphatic carbocycles. The van der Waals surface area contributed by atoms with Gasteiger partial charge in [0.1, 0.15) is 18.1 Å². The van der Waals surface area contributed by atoms with Crippen LogP contribution in [0, 0.1) is 13.8 Å². The van der Waals surface area contributed by atoms with Gasteiger partial charge in [0, 0.05) is 11.1 Å². The summed E-state index contributed by atoms with van der Waals surface area (Å²) in [6, 6.07) is 11.2. The molecule has 0 spiro atoms. The Hall–Kier alpha value is -2.64. The van der Waals surface area contributed by atoms with Crippen molar-refractivity contribution in [2.24, 2.45) is 0 Å². The van der Waals surface area contributed by atoms with Crippen molar-refractivity contribution in [3.8, 4) is 22.2 Å². The molecule has 1 N–H and O–H groups in total. The average Bonchev–Trinajstić information content (AvgIpc) is 3.23. The van der Waals surface area contributed by atoms with Crippen LogP contribution < -0.4 is 14.8 Å².